The molecule has 0 unspecified atom stereocenters. The molecule has 0 radical (unpaired) electrons. The fraction of sp³-hybridized carbons (Fsp3) is 0.923. The first kappa shape index (κ1) is 18.6. The molecule has 0 aromatic heterocycles. The van der Waals surface area contributed by atoms with Gasteiger partial charge in [0.25, 0.3) is 0 Å². The Hall–Kier alpha value is -0.433. The second kappa shape index (κ2) is 7.38. The third-order valence-corrected chi connectivity index (χ3v) is 8.00. The molecule has 0 bridgehead atoms. The summed E-state index contributed by atoms with van der Waals surface area (Å²) in [7, 11) is -0.555. The van der Waals surface area contributed by atoms with Gasteiger partial charge >= 0.3 is 5.97 Å². The van der Waals surface area contributed by atoms with Gasteiger partial charge in [-0.2, -0.15) is 0 Å². The first-order valence-corrected chi connectivity index (χ1v) is 9.43. The highest BCUT2D eigenvalue weighted by molar-refractivity contribution is 6.74. The molecule has 0 rings (SSSR count). The van der Waals surface area contributed by atoms with Gasteiger partial charge in [0.1, 0.15) is 0 Å². The fourth-order valence-electron chi connectivity index (χ4n) is 1.05. The predicted octanol–water partition coefficient (Wildman–Crippen LogP) is 1.95. The summed E-state index contributed by atoms with van der Waals surface area (Å²) in [5.74, 6) is -0.683. The quantitative estimate of drug-likeness (QED) is 0.574. The number of rotatable bonds is 7. The van der Waals surface area contributed by atoms with Crippen molar-refractivity contribution >= 4 is 14.3 Å². The van der Waals surface area contributed by atoms with E-state index in [0.29, 0.717) is 6.61 Å². The van der Waals surface area contributed by atoms with Crippen molar-refractivity contribution in [2.45, 2.75) is 58.0 Å². The molecule has 0 heterocycles. The van der Waals surface area contributed by atoms with Crippen LogP contribution in [0.5, 0.6) is 0 Å². The van der Waals surface area contributed by atoms with Crippen molar-refractivity contribution in [3.8, 4) is 0 Å². The van der Waals surface area contributed by atoms with Crippen LogP contribution in [0.25, 0.3) is 0 Å². The Kier molecular flexibility index (Phi) is 7.21. The van der Waals surface area contributed by atoms with Gasteiger partial charge in [0, 0.05) is 0 Å². The Balaban J connectivity index is 4.07. The highest BCUT2D eigenvalue weighted by Gasteiger charge is 2.37. The number of carbonyl (C=O) groups excluding carboxylic acids is 1. The number of methoxy groups -OCH3 is 1. The third-order valence-electron chi connectivity index (χ3n) is 3.50. The summed E-state index contributed by atoms with van der Waals surface area (Å²) < 4.78 is 15.8. The predicted molar refractivity (Wildman–Crippen MR) is 76.6 cm³/mol. The van der Waals surface area contributed by atoms with E-state index in [1.807, 2.05) is 6.92 Å². The van der Waals surface area contributed by atoms with Gasteiger partial charge in [0.05, 0.1) is 26.4 Å². The van der Waals surface area contributed by atoms with E-state index in [4.69, 9.17) is 9.16 Å². The molecule has 2 atom stereocenters. The van der Waals surface area contributed by atoms with Crippen molar-refractivity contribution in [3.63, 3.8) is 0 Å². The van der Waals surface area contributed by atoms with Gasteiger partial charge in [0.15, 0.2) is 14.4 Å². The molecule has 0 aliphatic heterocycles. The van der Waals surface area contributed by atoms with E-state index in [1.165, 1.54) is 7.11 Å². The first-order valence-electron chi connectivity index (χ1n) is 6.52. The lowest BCUT2D eigenvalue weighted by molar-refractivity contribution is -0.155. The number of aliphatic hydroxyl groups is 1. The zero-order chi connectivity index (χ0) is 15.3. The molecule has 114 valence electrons. The molecule has 0 spiro atoms. The molecule has 0 aromatic carbocycles. The van der Waals surface area contributed by atoms with E-state index in [2.05, 4.69) is 38.6 Å². The lowest BCUT2D eigenvalue weighted by Gasteiger charge is -2.36. The molecular weight excluding hydrogens is 264 g/mol. The largest absolute Gasteiger partial charge is 0.467 e. The molecule has 0 saturated carbocycles. The molecule has 0 amide bonds. The summed E-state index contributed by atoms with van der Waals surface area (Å²) >= 11 is 0. The van der Waals surface area contributed by atoms with Crippen molar-refractivity contribution < 1.29 is 23.8 Å². The average Bonchev–Trinajstić information content (AvgIpc) is 2.30. The van der Waals surface area contributed by atoms with Gasteiger partial charge in [0.2, 0.25) is 0 Å². The summed E-state index contributed by atoms with van der Waals surface area (Å²) in [6, 6.07) is 0. The normalized spacial score (nSPS) is 16.0. The topological polar surface area (TPSA) is 65.0 Å². The van der Waals surface area contributed by atoms with Crippen LogP contribution in [0.2, 0.25) is 18.1 Å². The van der Waals surface area contributed by atoms with Crippen LogP contribution < -0.4 is 0 Å². The van der Waals surface area contributed by atoms with Gasteiger partial charge in [-0.1, -0.05) is 20.8 Å². The van der Waals surface area contributed by atoms with Gasteiger partial charge in [-0.15, -0.1) is 0 Å². The summed E-state index contributed by atoms with van der Waals surface area (Å²) in [5, 5.41) is 9.54. The average molecular weight is 292 g/mol. The van der Waals surface area contributed by atoms with Crippen molar-refractivity contribution in [2.75, 3.05) is 20.3 Å². The van der Waals surface area contributed by atoms with Crippen LogP contribution in [0.3, 0.4) is 0 Å². The minimum atomic E-state index is -1.79. The number of ether oxygens (including phenoxy) is 2. The molecule has 5 nitrogen and oxygen atoms in total. The lowest BCUT2D eigenvalue weighted by Crippen LogP contribution is -2.43. The number of esters is 1. The maximum absolute atomic E-state index is 11.0. The van der Waals surface area contributed by atoms with Crippen LogP contribution >= 0.6 is 0 Å². The zero-order valence-corrected chi connectivity index (χ0v) is 14.1. The highest BCUT2D eigenvalue weighted by atomic mass is 28.4. The first-order chi connectivity index (χ1) is 8.51. The summed E-state index contributed by atoms with van der Waals surface area (Å²) in [6.45, 7) is 13.1. The van der Waals surface area contributed by atoms with E-state index in [9.17, 15) is 9.90 Å². The summed E-state index contributed by atoms with van der Waals surface area (Å²) in [4.78, 5) is 11.0. The second-order valence-corrected chi connectivity index (χ2v) is 11.1. The SMILES string of the molecule is COC(=O)[C@@H](O)CO[C@@H](C)CO[Si](C)(C)C(C)(C)C. The van der Waals surface area contributed by atoms with Crippen LogP contribution in [0.15, 0.2) is 0 Å². The Morgan fingerprint density at radius 2 is 1.79 bits per heavy atom. The number of aliphatic hydroxyl groups excluding tert-OH is 1. The Bertz CT molecular complexity index is 285. The monoisotopic (exact) mass is 292 g/mol. The molecule has 0 fully saturated rings. The lowest BCUT2D eigenvalue weighted by atomic mass is 10.2. The second-order valence-electron chi connectivity index (χ2n) is 6.25. The molecule has 0 aliphatic carbocycles. The van der Waals surface area contributed by atoms with Gasteiger partial charge in [-0.3, -0.25) is 0 Å². The van der Waals surface area contributed by atoms with Crippen LogP contribution in [-0.2, 0) is 18.7 Å². The van der Waals surface area contributed by atoms with Crippen LogP contribution in [0.1, 0.15) is 27.7 Å². The molecule has 0 aliphatic rings. The van der Waals surface area contributed by atoms with Crippen molar-refractivity contribution in [1.29, 1.82) is 0 Å². The van der Waals surface area contributed by atoms with E-state index in [1.54, 1.807) is 0 Å². The smallest absolute Gasteiger partial charge is 0.337 e. The Labute approximate surface area is 117 Å². The van der Waals surface area contributed by atoms with E-state index in [0.717, 1.165) is 0 Å². The minimum Gasteiger partial charge on any atom is -0.467 e. The molecule has 0 aromatic rings. The van der Waals surface area contributed by atoms with E-state index < -0.39 is 20.4 Å². The van der Waals surface area contributed by atoms with E-state index >= 15 is 0 Å². The molecule has 1 N–H and O–H groups in total. The summed E-state index contributed by atoms with van der Waals surface area (Å²) in [6.07, 6.45) is -1.41. The minimum absolute atomic E-state index is 0.0747. The molecule has 19 heavy (non-hydrogen) atoms. The van der Waals surface area contributed by atoms with Crippen LogP contribution in [0.4, 0.5) is 0 Å². The molecule has 0 saturated heterocycles. The maximum atomic E-state index is 11.0. The van der Waals surface area contributed by atoms with Crippen molar-refractivity contribution in [3.05, 3.63) is 0 Å². The zero-order valence-electron chi connectivity index (χ0n) is 13.1. The Morgan fingerprint density at radius 3 is 2.21 bits per heavy atom. The van der Waals surface area contributed by atoms with Crippen molar-refractivity contribution in [2.24, 2.45) is 0 Å². The van der Waals surface area contributed by atoms with E-state index in [-0.39, 0.29) is 17.7 Å². The number of hydrogen-bond donors (Lipinski definition) is 1. The van der Waals surface area contributed by atoms with Crippen LogP contribution in [0, 0.1) is 0 Å². The maximum Gasteiger partial charge on any atom is 0.337 e. The summed E-state index contributed by atoms with van der Waals surface area (Å²) in [5.41, 5.74) is 0. The van der Waals surface area contributed by atoms with Gasteiger partial charge < -0.3 is 19.0 Å². The third kappa shape index (κ3) is 6.51. The van der Waals surface area contributed by atoms with Gasteiger partial charge in [-0.05, 0) is 25.1 Å². The molecule has 6 heteroatoms. The van der Waals surface area contributed by atoms with Crippen LogP contribution in [-0.4, -0.2) is 51.9 Å². The standard InChI is InChI=1S/C13H28O5Si/c1-10(17-9-11(14)12(15)16-5)8-18-19(6,7)13(2,3)4/h10-11,14H,8-9H2,1-7H3/t10-,11-/m0/s1. The van der Waals surface area contributed by atoms with Gasteiger partial charge in [-0.25, -0.2) is 4.79 Å². The fourth-order valence-corrected chi connectivity index (χ4v) is 2.13. The Morgan fingerprint density at radius 1 is 1.26 bits per heavy atom. The number of carbonyl (C=O) groups is 1. The van der Waals surface area contributed by atoms with Crippen molar-refractivity contribution in [1.82, 2.24) is 0 Å². The highest BCUT2D eigenvalue weighted by Crippen LogP contribution is 2.36. The number of hydrogen-bond acceptors (Lipinski definition) is 5. The molecular formula is C13H28O5Si.